The van der Waals surface area contributed by atoms with Crippen LogP contribution in [0.5, 0.6) is 0 Å². The molecule has 2 aromatic carbocycles. The van der Waals surface area contributed by atoms with E-state index in [0.29, 0.717) is 0 Å². The Morgan fingerprint density at radius 1 is 0.950 bits per heavy atom. The summed E-state index contributed by atoms with van der Waals surface area (Å²) in [4.78, 5) is -0.107. The van der Waals surface area contributed by atoms with Crippen LogP contribution in [0.25, 0.3) is 0 Å². The highest BCUT2D eigenvalue weighted by Crippen LogP contribution is 2.35. The third-order valence-electron chi connectivity index (χ3n) is 3.24. The van der Waals surface area contributed by atoms with Gasteiger partial charge in [0.1, 0.15) is 0 Å². The van der Waals surface area contributed by atoms with Crippen molar-refractivity contribution in [3.8, 4) is 0 Å². The van der Waals surface area contributed by atoms with E-state index in [-0.39, 0.29) is 4.83 Å². The second-order valence-corrected chi connectivity index (χ2v) is 5.76. The molecule has 0 nitrogen and oxygen atoms in total. The quantitative estimate of drug-likeness (QED) is 0.604. The molecule has 0 aliphatic rings. The maximum absolute atomic E-state index is 12.5. The lowest BCUT2D eigenvalue weighted by atomic mass is 9.98. The molecule has 0 saturated heterocycles. The lowest BCUT2D eigenvalue weighted by Crippen LogP contribution is -2.05. The normalized spacial score (nSPS) is 13.3. The van der Waals surface area contributed by atoms with Crippen LogP contribution in [-0.2, 0) is 6.18 Å². The van der Waals surface area contributed by atoms with Crippen molar-refractivity contribution < 1.29 is 13.2 Å². The molecular formula is C16H14BrF3. The number of hydrogen-bond donors (Lipinski definition) is 0. The number of hydrogen-bond acceptors (Lipinski definition) is 0. The highest BCUT2D eigenvalue weighted by atomic mass is 79.9. The summed E-state index contributed by atoms with van der Waals surface area (Å²) in [6.07, 6.45) is -4.29. The molecule has 2 aromatic rings. The van der Waals surface area contributed by atoms with Gasteiger partial charge in [-0.2, -0.15) is 13.2 Å². The van der Waals surface area contributed by atoms with Gasteiger partial charge in [0.05, 0.1) is 10.4 Å². The van der Waals surface area contributed by atoms with E-state index < -0.39 is 11.7 Å². The topological polar surface area (TPSA) is 0 Å². The molecular weight excluding hydrogens is 329 g/mol. The summed E-state index contributed by atoms with van der Waals surface area (Å²) in [6, 6.07) is 11.4. The Balaban J connectivity index is 2.34. The van der Waals surface area contributed by atoms with Gasteiger partial charge in [-0.05, 0) is 42.7 Å². The third kappa shape index (κ3) is 3.23. The summed E-state index contributed by atoms with van der Waals surface area (Å²) in [5, 5.41) is 0. The Bertz CT molecular complexity index is 600. The molecule has 4 heteroatoms. The van der Waals surface area contributed by atoms with E-state index in [1.807, 2.05) is 32.0 Å². The van der Waals surface area contributed by atoms with E-state index in [1.54, 1.807) is 0 Å². The van der Waals surface area contributed by atoms with Crippen molar-refractivity contribution in [3.05, 3.63) is 70.3 Å². The van der Waals surface area contributed by atoms with E-state index in [0.717, 1.165) is 34.4 Å². The van der Waals surface area contributed by atoms with Crippen LogP contribution in [0.4, 0.5) is 13.2 Å². The molecule has 0 bridgehead atoms. The van der Waals surface area contributed by atoms with Gasteiger partial charge >= 0.3 is 6.18 Å². The zero-order valence-electron chi connectivity index (χ0n) is 11.1. The van der Waals surface area contributed by atoms with Gasteiger partial charge in [0, 0.05) is 0 Å². The van der Waals surface area contributed by atoms with Gasteiger partial charge in [0.15, 0.2) is 0 Å². The second-order valence-electron chi connectivity index (χ2n) is 4.84. The average Bonchev–Trinajstić information content (AvgIpc) is 2.40. The molecule has 2 rings (SSSR count). The van der Waals surface area contributed by atoms with E-state index in [2.05, 4.69) is 15.9 Å². The molecule has 0 amide bonds. The minimum Gasteiger partial charge on any atom is -0.166 e. The van der Waals surface area contributed by atoms with Crippen molar-refractivity contribution in [2.45, 2.75) is 24.9 Å². The summed E-state index contributed by atoms with van der Waals surface area (Å²) in [5.74, 6) is 0. The van der Waals surface area contributed by atoms with Crippen LogP contribution >= 0.6 is 15.9 Å². The van der Waals surface area contributed by atoms with Crippen molar-refractivity contribution in [1.29, 1.82) is 0 Å². The number of benzene rings is 2. The molecule has 0 fully saturated rings. The standard InChI is InChI=1S/C16H14BrF3/c1-10-3-4-11(2)14(9-10)15(17)12-5-7-13(8-6-12)16(18,19)20/h3-9,15H,1-2H3. The minimum atomic E-state index is -4.29. The Hall–Kier alpha value is -1.29. The molecule has 20 heavy (non-hydrogen) atoms. The predicted molar refractivity (Wildman–Crippen MR) is 78.1 cm³/mol. The molecule has 0 aliphatic carbocycles. The fourth-order valence-electron chi connectivity index (χ4n) is 2.05. The molecule has 106 valence electrons. The van der Waals surface area contributed by atoms with Gasteiger partial charge in [-0.1, -0.05) is 51.8 Å². The lowest BCUT2D eigenvalue weighted by molar-refractivity contribution is -0.137. The van der Waals surface area contributed by atoms with Gasteiger partial charge in [-0.3, -0.25) is 0 Å². The zero-order chi connectivity index (χ0) is 14.9. The summed E-state index contributed by atoms with van der Waals surface area (Å²) in [6.45, 7) is 3.99. The van der Waals surface area contributed by atoms with Gasteiger partial charge in [0.2, 0.25) is 0 Å². The van der Waals surface area contributed by atoms with Crippen LogP contribution in [0.3, 0.4) is 0 Å². The zero-order valence-corrected chi connectivity index (χ0v) is 12.7. The molecule has 0 heterocycles. The van der Waals surface area contributed by atoms with Crippen LogP contribution < -0.4 is 0 Å². The van der Waals surface area contributed by atoms with Crippen molar-refractivity contribution in [1.82, 2.24) is 0 Å². The summed E-state index contributed by atoms with van der Waals surface area (Å²) >= 11 is 3.57. The maximum Gasteiger partial charge on any atom is 0.416 e. The summed E-state index contributed by atoms with van der Waals surface area (Å²) in [5.41, 5.74) is 3.50. The number of halogens is 4. The van der Waals surface area contributed by atoms with E-state index >= 15 is 0 Å². The summed E-state index contributed by atoms with van der Waals surface area (Å²) < 4.78 is 37.6. The highest BCUT2D eigenvalue weighted by molar-refractivity contribution is 9.09. The maximum atomic E-state index is 12.5. The molecule has 0 aliphatic heterocycles. The van der Waals surface area contributed by atoms with Crippen LogP contribution in [0.1, 0.15) is 32.6 Å². The monoisotopic (exact) mass is 342 g/mol. The van der Waals surface area contributed by atoms with Gasteiger partial charge < -0.3 is 0 Å². The first-order valence-corrected chi connectivity index (χ1v) is 7.09. The largest absolute Gasteiger partial charge is 0.416 e. The molecule has 0 N–H and O–H groups in total. The first-order chi connectivity index (χ1) is 9.29. The van der Waals surface area contributed by atoms with Crippen molar-refractivity contribution in [2.24, 2.45) is 0 Å². The average molecular weight is 343 g/mol. The predicted octanol–water partition coefficient (Wildman–Crippen LogP) is 5.81. The third-order valence-corrected chi connectivity index (χ3v) is 4.26. The molecule has 0 radical (unpaired) electrons. The molecule has 0 aromatic heterocycles. The SMILES string of the molecule is Cc1ccc(C)c(C(Br)c2ccc(C(F)(F)F)cc2)c1. The van der Waals surface area contributed by atoms with Crippen molar-refractivity contribution >= 4 is 15.9 Å². The Morgan fingerprint density at radius 2 is 1.55 bits per heavy atom. The Morgan fingerprint density at radius 3 is 2.10 bits per heavy atom. The Kier molecular flexibility index (Phi) is 4.23. The molecule has 1 atom stereocenters. The number of alkyl halides is 4. The first kappa shape index (κ1) is 15.1. The first-order valence-electron chi connectivity index (χ1n) is 6.17. The van der Waals surface area contributed by atoms with E-state index in [9.17, 15) is 13.2 Å². The van der Waals surface area contributed by atoms with Gasteiger partial charge in [-0.25, -0.2) is 0 Å². The molecule has 0 saturated carbocycles. The van der Waals surface area contributed by atoms with Crippen LogP contribution in [0.15, 0.2) is 42.5 Å². The van der Waals surface area contributed by atoms with Gasteiger partial charge in [0.25, 0.3) is 0 Å². The van der Waals surface area contributed by atoms with Gasteiger partial charge in [-0.15, -0.1) is 0 Å². The molecule has 0 spiro atoms. The van der Waals surface area contributed by atoms with Crippen LogP contribution in [0.2, 0.25) is 0 Å². The number of rotatable bonds is 2. The van der Waals surface area contributed by atoms with Crippen molar-refractivity contribution in [3.63, 3.8) is 0 Å². The smallest absolute Gasteiger partial charge is 0.166 e. The fourth-order valence-corrected chi connectivity index (χ4v) is 2.85. The Labute approximate surface area is 124 Å². The van der Waals surface area contributed by atoms with E-state index in [1.165, 1.54) is 12.1 Å². The fraction of sp³-hybridized carbons (Fsp3) is 0.250. The van der Waals surface area contributed by atoms with Crippen LogP contribution in [0, 0.1) is 13.8 Å². The van der Waals surface area contributed by atoms with E-state index in [4.69, 9.17) is 0 Å². The second kappa shape index (κ2) is 5.60. The van der Waals surface area contributed by atoms with Crippen LogP contribution in [-0.4, -0.2) is 0 Å². The highest BCUT2D eigenvalue weighted by Gasteiger charge is 2.30. The molecule has 1 unspecified atom stereocenters. The summed E-state index contributed by atoms with van der Waals surface area (Å²) in [7, 11) is 0. The minimum absolute atomic E-state index is 0.107. The number of aryl methyl sites for hydroxylation is 2. The lowest BCUT2D eigenvalue weighted by Gasteiger charge is -2.15. The van der Waals surface area contributed by atoms with Crippen molar-refractivity contribution in [2.75, 3.05) is 0 Å².